The lowest BCUT2D eigenvalue weighted by Gasteiger charge is -2.32. The van der Waals surface area contributed by atoms with Crippen molar-refractivity contribution >= 4 is 22.4 Å². The van der Waals surface area contributed by atoms with Crippen molar-refractivity contribution in [3.8, 4) is 0 Å². The molecule has 1 amide bonds. The third-order valence-corrected chi connectivity index (χ3v) is 5.28. The van der Waals surface area contributed by atoms with E-state index >= 15 is 0 Å². The van der Waals surface area contributed by atoms with Crippen molar-refractivity contribution in [2.45, 2.75) is 63.3 Å². The molecular formula is C14H21N3OS. The molecule has 1 aromatic rings. The number of aromatic nitrogens is 1. The first kappa shape index (κ1) is 13.1. The number of fused-ring (bicyclic) bond motifs is 1. The first-order valence-corrected chi connectivity index (χ1v) is 8.04. The molecule has 0 aromatic carbocycles. The fourth-order valence-corrected chi connectivity index (χ4v) is 4.23. The van der Waals surface area contributed by atoms with Crippen LogP contribution >= 0.6 is 11.3 Å². The minimum Gasteiger partial charge on any atom is -0.325 e. The molecule has 1 fully saturated rings. The summed E-state index contributed by atoms with van der Waals surface area (Å²) < 4.78 is 0. The third kappa shape index (κ3) is 2.98. The van der Waals surface area contributed by atoms with E-state index in [1.54, 1.807) is 11.3 Å². The quantitative estimate of drug-likeness (QED) is 0.893. The van der Waals surface area contributed by atoms with Crippen molar-refractivity contribution < 1.29 is 4.79 Å². The van der Waals surface area contributed by atoms with E-state index in [9.17, 15) is 4.79 Å². The molecule has 0 radical (unpaired) electrons. The van der Waals surface area contributed by atoms with E-state index in [2.05, 4.69) is 10.3 Å². The van der Waals surface area contributed by atoms with E-state index < -0.39 is 0 Å². The number of nitrogens with two attached hydrogens (primary N) is 1. The number of thiazole rings is 1. The van der Waals surface area contributed by atoms with Crippen LogP contribution in [0.2, 0.25) is 0 Å². The summed E-state index contributed by atoms with van der Waals surface area (Å²) in [7, 11) is 0. The molecule has 2 aliphatic rings. The maximum Gasteiger partial charge on any atom is 0.228 e. The van der Waals surface area contributed by atoms with Crippen molar-refractivity contribution in [1.29, 1.82) is 0 Å². The fourth-order valence-electron chi connectivity index (χ4n) is 3.16. The molecule has 0 aliphatic heterocycles. The van der Waals surface area contributed by atoms with Gasteiger partial charge in [0.05, 0.1) is 5.69 Å². The Morgan fingerprint density at radius 2 is 2.05 bits per heavy atom. The zero-order valence-corrected chi connectivity index (χ0v) is 12.0. The molecule has 1 saturated carbocycles. The summed E-state index contributed by atoms with van der Waals surface area (Å²) in [4.78, 5) is 17.9. The van der Waals surface area contributed by atoms with Gasteiger partial charge in [0.2, 0.25) is 5.91 Å². The van der Waals surface area contributed by atoms with E-state index in [0.717, 1.165) is 43.7 Å². The van der Waals surface area contributed by atoms with E-state index in [1.165, 1.54) is 23.4 Å². The second-order valence-electron chi connectivity index (χ2n) is 5.89. The Labute approximate surface area is 117 Å². The van der Waals surface area contributed by atoms with Gasteiger partial charge < -0.3 is 11.1 Å². The van der Waals surface area contributed by atoms with E-state index in [0.29, 0.717) is 6.42 Å². The number of carbonyl (C=O) groups excluding carboxylic acids is 1. The van der Waals surface area contributed by atoms with Crippen LogP contribution in [0.3, 0.4) is 0 Å². The van der Waals surface area contributed by atoms with Gasteiger partial charge in [0.15, 0.2) is 5.13 Å². The van der Waals surface area contributed by atoms with Crippen molar-refractivity contribution in [3.63, 3.8) is 0 Å². The monoisotopic (exact) mass is 279 g/mol. The number of aryl methyl sites for hydroxylation is 2. The van der Waals surface area contributed by atoms with E-state index in [-0.39, 0.29) is 11.4 Å². The van der Waals surface area contributed by atoms with Gasteiger partial charge in [-0.25, -0.2) is 4.98 Å². The number of hydrogen-bond acceptors (Lipinski definition) is 4. The Morgan fingerprint density at radius 1 is 1.26 bits per heavy atom. The zero-order valence-electron chi connectivity index (χ0n) is 11.2. The van der Waals surface area contributed by atoms with Gasteiger partial charge in [-0.3, -0.25) is 4.79 Å². The van der Waals surface area contributed by atoms with Crippen LogP contribution in [0.4, 0.5) is 5.13 Å². The summed E-state index contributed by atoms with van der Waals surface area (Å²) in [5.41, 5.74) is 7.20. The van der Waals surface area contributed by atoms with Gasteiger partial charge in [0.25, 0.3) is 0 Å². The molecule has 4 nitrogen and oxygen atoms in total. The highest BCUT2D eigenvalue weighted by Gasteiger charge is 2.30. The summed E-state index contributed by atoms with van der Waals surface area (Å²) in [6.07, 6.45) is 9.28. The molecule has 0 spiro atoms. The predicted octanol–water partition coefficient (Wildman–Crippen LogP) is 2.62. The Morgan fingerprint density at radius 3 is 2.79 bits per heavy atom. The summed E-state index contributed by atoms with van der Waals surface area (Å²) in [6.45, 7) is 0. The number of hydrogen-bond donors (Lipinski definition) is 2. The molecule has 0 bridgehead atoms. The van der Waals surface area contributed by atoms with Gasteiger partial charge in [-0.2, -0.15) is 0 Å². The number of carbonyl (C=O) groups is 1. The van der Waals surface area contributed by atoms with Gasteiger partial charge in [0.1, 0.15) is 0 Å². The normalized spacial score (nSPS) is 21.1. The Balaban J connectivity index is 1.58. The molecule has 1 aromatic heterocycles. The highest BCUT2D eigenvalue weighted by Crippen LogP contribution is 2.32. The lowest BCUT2D eigenvalue weighted by molar-refractivity contribution is -0.117. The second-order valence-corrected chi connectivity index (χ2v) is 6.97. The molecule has 2 aliphatic carbocycles. The largest absolute Gasteiger partial charge is 0.325 e. The molecule has 3 N–H and O–H groups in total. The smallest absolute Gasteiger partial charge is 0.228 e. The number of nitrogens with one attached hydrogen (secondary N) is 1. The summed E-state index contributed by atoms with van der Waals surface area (Å²) in [5, 5.41) is 3.69. The number of rotatable bonds is 3. The standard InChI is InChI=1S/C14H21N3OS/c15-14(7-2-1-3-8-14)9-12(18)17-13-16-10-5-4-6-11(10)19-13/h1-9,15H2,(H,16,17,18). The first-order chi connectivity index (χ1) is 9.15. The minimum absolute atomic E-state index is 0.0248. The summed E-state index contributed by atoms with van der Waals surface area (Å²) >= 11 is 1.63. The van der Waals surface area contributed by atoms with Gasteiger partial charge in [0, 0.05) is 16.8 Å². The van der Waals surface area contributed by atoms with Crippen LogP contribution in [-0.2, 0) is 17.6 Å². The SMILES string of the molecule is NC1(CC(=O)Nc2nc3c(s2)CCC3)CCCCC1. The van der Waals surface area contributed by atoms with E-state index in [1.807, 2.05) is 0 Å². The van der Waals surface area contributed by atoms with Gasteiger partial charge >= 0.3 is 0 Å². The Kier molecular flexibility index (Phi) is 3.58. The van der Waals surface area contributed by atoms with Crippen molar-refractivity contribution in [2.75, 3.05) is 5.32 Å². The van der Waals surface area contributed by atoms with Crippen LogP contribution in [0, 0.1) is 0 Å². The molecule has 5 heteroatoms. The molecule has 0 atom stereocenters. The average molecular weight is 279 g/mol. The average Bonchev–Trinajstić information content (AvgIpc) is 2.89. The summed E-state index contributed by atoms with van der Waals surface area (Å²) in [6, 6.07) is 0. The highest BCUT2D eigenvalue weighted by atomic mass is 32.1. The Hall–Kier alpha value is -0.940. The predicted molar refractivity (Wildman–Crippen MR) is 77.4 cm³/mol. The number of amides is 1. The van der Waals surface area contributed by atoms with Gasteiger partial charge in [-0.15, -0.1) is 11.3 Å². The lowest BCUT2D eigenvalue weighted by atomic mass is 9.80. The second kappa shape index (κ2) is 5.21. The number of anilines is 1. The number of nitrogens with zero attached hydrogens (tertiary/aromatic N) is 1. The summed E-state index contributed by atoms with van der Waals surface area (Å²) in [5.74, 6) is 0.0248. The van der Waals surface area contributed by atoms with Crippen LogP contribution in [-0.4, -0.2) is 16.4 Å². The lowest BCUT2D eigenvalue weighted by Crippen LogP contribution is -2.44. The van der Waals surface area contributed by atoms with Gasteiger partial charge in [-0.05, 0) is 32.1 Å². The highest BCUT2D eigenvalue weighted by molar-refractivity contribution is 7.15. The molecular weight excluding hydrogens is 258 g/mol. The Bertz CT molecular complexity index is 456. The molecule has 0 unspecified atom stereocenters. The third-order valence-electron chi connectivity index (χ3n) is 4.20. The molecule has 3 rings (SSSR count). The maximum atomic E-state index is 12.1. The van der Waals surface area contributed by atoms with Crippen molar-refractivity contribution in [2.24, 2.45) is 5.73 Å². The van der Waals surface area contributed by atoms with Crippen molar-refractivity contribution in [3.05, 3.63) is 10.6 Å². The van der Waals surface area contributed by atoms with Crippen LogP contribution in [0.5, 0.6) is 0 Å². The van der Waals surface area contributed by atoms with Crippen LogP contribution in [0.1, 0.15) is 55.5 Å². The van der Waals surface area contributed by atoms with Crippen LogP contribution in [0.25, 0.3) is 0 Å². The molecule has 0 saturated heterocycles. The maximum absolute atomic E-state index is 12.1. The zero-order chi connectivity index (χ0) is 13.3. The fraction of sp³-hybridized carbons (Fsp3) is 0.714. The molecule has 104 valence electrons. The first-order valence-electron chi connectivity index (χ1n) is 7.22. The van der Waals surface area contributed by atoms with E-state index in [4.69, 9.17) is 5.73 Å². The van der Waals surface area contributed by atoms with Crippen molar-refractivity contribution in [1.82, 2.24) is 4.98 Å². The topological polar surface area (TPSA) is 68.0 Å². The minimum atomic E-state index is -0.289. The van der Waals surface area contributed by atoms with Gasteiger partial charge in [-0.1, -0.05) is 19.3 Å². The molecule has 19 heavy (non-hydrogen) atoms. The van der Waals surface area contributed by atoms with Crippen LogP contribution < -0.4 is 11.1 Å². The van der Waals surface area contributed by atoms with Crippen LogP contribution in [0.15, 0.2) is 0 Å². The molecule has 1 heterocycles.